The quantitative estimate of drug-likeness (QED) is 0.0495. The molecule has 1 aromatic heterocycles. The summed E-state index contributed by atoms with van der Waals surface area (Å²) >= 11 is -0.589. The number of fused-ring (bicyclic) bond motifs is 9. The van der Waals surface area contributed by atoms with E-state index in [1.54, 1.807) is 0 Å². The first-order valence-corrected chi connectivity index (χ1v) is 18.7. The molecule has 6 aromatic rings. The Hall–Kier alpha value is -4.18. The zero-order chi connectivity index (χ0) is 30.8. The number of aliphatic carboxylic acids is 1. The van der Waals surface area contributed by atoms with E-state index in [0.717, 1.165) is 10.3 Å². The molecule has 7 rings (SSSR count). The molecule has 6 nitrogen and oxygen atoms in total. The number of carbonyl (C=O) groups excluding carboxylic acids is 1. The molecule has 5 aromatic carbocycles. The summed E-state index contributed by atoms with van der Waals surface area (Å²) in [5, 5.41) is 16.8. The fraction of sp³-hybridized carbons (Fsp3) is 0.108. The Bertz CT molecular complexity index is 2200. The van der Waals surface area contributed by atoms with Crippen molar-refractivity contribution in [2.24, 2.45) is 0 Å². The molecule has 8 heteroatoms. The average molecular weight is 772 g/mol. The van der Waals surface area contributed by atoms with Gasteiger partial charge in [-0.15, -0.1) is 0 Å². The fourth-order valence-corrected chi connectivity index (χ4v) is 11.9. The Morgan fingerprint density at radius 1 is 0.867 bits per heavy atom. The zero-order valence-corrected chi connectivity index (χ0v) is 28.3. The molecule has 0 saturated carbocycles. The number of carboxylic acids is 1. The summed E-state index contributed by atoms with van der Waals surface area (Å²) < 4.78 is 12.5. The van der Waals surface area contributed by atoms with Gasteiger partial charge >= 0.3 is 278 Å². The monoisotopic (exact) mass is 775 g/mol. The Morgan fingerprint density at radius 3 is 2.36 bits per heavy atom. The Kier molecular flexibility index (Phi) is 8.56. The number of ether oxygens (including phenoxy) is 1. The summed E-state index contributed by atoms with van der Waals surface area (Å²) in [6.07, 6.45) is 10.6. The minimum absolute atomic E-state index is 0.0241. The van der Waals surface area contributed by atoms with Crippen LogP contribution in [0.2, 0.25) is 0 Å². The van der Waals surface area contributed by atoms with E-state index in [1.807, 2.05) is 0 Å². The topological polar surface area (TPSA) is 70.7 Å². The molecule has 1 aliphatic rings. The Labute approximate surface area is 276 Å². The van der Waals surface area contributed by atoms with Crippen LogP contribution in [0.3, 0.4) is 0 Å². The van der Waals surface area contributed by atoms with Gasteiger partial charge in [0.15, 0.2) is 0 Å². The molecular formula is C37H29N2O4SeTe+. The van der Waals surface area contributed by atoms with Crippen molar-refractivity contribution in [3.8, 4) is 0 Å². The molecule has 0 fully saturated rings. The number of carbonyl (C=O) groups is 2. The summed E-state index contributed by atoms with van der Waals surface area (Å²) in [6, 6.07) is 29.8. The number of allylic oxidation sites excluding steroid dienone is 4. The Morgan fingerprint density at radius 2 is 1.58 bits per heavy atom. The van der Waals surface area contributed by atoms with Crippen LogP contribution in [0.4, 0.5) is 5.69 Å². The normalized spacial score (nSPS) is 14.1. The van der Waals surface area contributed by atoms with E-state index in [-0.39, 0.29) is 21.4 Å². The van der Waals surface area contributed by atoms with Crippen LogP contribution in [-0.4, -0.2) is 66.1 Å². The first kappa shape index (κ1) is 29.5. The second-order valence-electron chi connectivity index (χ2n) is 10.6. The van der Waals surface area contributed by atoms with Crippen molar-refractivity contribution in [1.82, 2.24) is 0 Å². The Balaban J connectivity index is 1.23. The molecule has 0 radical (unpaired) electrons. The van der Waals surface area contributed by atoms with Gasteiger partial charge in [0, 0.05) is 0 Å². The molecule has 1 aliphatic heterocycles. The fourth-order valence-electron chi connectivity index (χ4n) is 6.04. The SMILES string of the molecule is O=COCC[n+]1c(C=CC=CC=C2[Se]c3c(c4ccccc4c4ccccc34)N2CCC(=O)O)[te]c2ccc3ccccc3c21. The first-order valence-electron chi connectivity index (χ1n) is 14.7. The second kappa shape index (κ2) is 13.0. The van der Waals surface area contributed by atoms with Crippen molar-refractivity contribution >= 4 is 105 Å². The first-order chi connectivity index (χ1) is 22.1. The summed E-state index contributed by atoms with van der Waals surface area (Å²) in [7, 11) is 0. The molecule has 0 saturated heterocycles. The van der Waals surface area contributed by atoms with Gasteiger partial charge in [0.2, 0.25) is 0 Å². The van der Waals surface area contributed by atoms with Gasteiger partial charge in [0.25, 0.3) is 0 Å². The molecule has 222 valence electrons. The third-order valence-corrected chi connectivity index (χ3v) is 13.6. The molecule has 0 amide bonds. The van der Waals surface area contributed by atoms with Crippen molar-refractivity contribution in [2.45, 2.75) is 13.0 Å². The average Bonchev–Trinajstić information content (AvgIpc) is 3.62. The summed E-state index contributed by atoms with van der Waals surface area (Å²) in [5.74, 6) is -0.798. The van der Waals surface area contributed by atoms with Crippen LogP contribution in [0, 0.1) is 0 Å². The standard InChI is InChI=1S/C37H28N2O4SeTe/c40-24-43-23-22-39-33(45-31-19-18-25-10-4-5-11-26(25)35(31)39)17-3-1-2-16-32-38(21-20-34(41)42)36-29-14-8-6-12-27(29)28-13-7-9-15-30(28)37(36)44-32/h1-19,24H,20-23H2/p+1. The van der Waals surface area contributed by atoms with E-state index < -0.39 is 26.4 Å². The molecule has 0 unspecified atom stereocenters. The number of aromatic nitrogens is 1. The zero-order valence-electron chi connectivity index (χ0n) is 24.3. The van der Waals surface area contributed by atoms with Gasteiger partial charge < -0.3 is 0 Å². The van der Waals surface area contributed by atoms with Crippen LogP contribution >= 0.6 is 0 Å². The van der Waals surface area contributed by atoms with E-state index in [9.17, 15) is 14.7 Å². The van der Waals surface area contributed by atoms with Crippen LogP contribution in [0.15, 0.2) is 114 Å². The maximum atomic E-state index is 11.6. The minimum atomic E-state index is -0.798. The maximum absolute atomic E-state index is 11.6. The molecule has 45 heavy (non-hydrogen) atoms. The van der Waals surface area contributed by atoms with Gasteiger partial charge in [-0.2, -0.15) is 0 Å². The van der Waals surface area contributed by atoms with Crippen molar-refractivity contribution in [3.63, 3.8) is 0 Å². The molecule has 0 atom stereocenters. The molecule has 1 N–H and O–H groups in total. The number of rotatable bonds is 10. The predicted octanol–water partition coefficient (Wildman–Crippen LogP) is 5.55. The van der Waals surface area contributed by atoms with E-state index in [0.29, 0.717) is 26.2 Å². The number of hydrogen-bond donors (Lipinski definition) is 1. The second-order valence-corrected chi connectivity index (χ2v) is 15.8. The van der Waals surface area contributed by atoms with Crippen LogP contribution in [0.25, 0.3) is 47.3 Å². The van der Waals surface area contributed by atoms with Crippen molar-refractivity contribution in [2.75, 3.05) is 18.1 Å². The van der Waals surface area contributed by atoms with Gasteiger partial charge in [-0.3, -0.25) is 0 Å². The molecule has 0 aliphatic carbocycles. The van der Waals surface area contributed by atoms with E-state index in [1.165, 1.54) is 49.4 Å². The summed E-state index contributed by atoms with van der Waals surface area (Å²) in [4.78, 5) is 24.7. The van der Waals surface area contributed by atoms with Crippen molar-refractivity contribution in [1.29, 1.82) is 0 Å². The summed E-state index contributed by atoms with van der Waals surface area (Å²) in [6.45, 7) is 1.88. The van der Waals surface area contributed by atoms with Crippen molar-refractivity contribution < 1.29 is 24.0 Å². The van der Waals surface area contributed by atoms with Crippen LogP contribution in [0.1, 0.15) is 10.1 Å². The van der Waals surface area contributed by atoms with Gasteiger partial charge in [0.1, 0.15) is 0 Å². The predicted molar refractivity (Wildman–Crippen MR) is 183 cm³/mol. The molecule has 0 bridgehead atoms. The number of nitrogens with zero attached hydrogens (tertiary/aromatic N) is 2. The third-order valence-electron chi connectivity index (χ3n) is 7.97. The molecular weight excluding hydrogens is 743 g/mol. The van der Waals surface area contributed by atoms with Crippen LogP contribution < -0.4 is 13.9 Å². The van der Waals surface area contributed by atoms with Gasteiger partial charge in [-0.05, 0) is 0 Å². The van der Waals surface area contributed by atoms with Gasteiger partial charge in [-0.25, -0.2) is 0 Å². The third kappa shape index (κ3) is 5.72. The van der Waals surface area contributed by atoms with Gasteiger partial charge in [0.05, 0.1) is 0 Å². The number of benzene rings is 5. The van der Waals surface area contributed by atoms with Crippen LogP contribution in [0.5, 0.6) is 0 Å². The number of hydrogen-bond acceptors (Lipinski definition) is 4. The van der Waals surface area contributed by atoms with Crippen molar-refractivity contribution in [3.05, 3.63) is 118 Å². The van der Waals surface area contributed by atoms with E-state index >= 15 is 0 Å². The summed E-state index contributed by atoms with van der Waals surface area (Å²) in [5.41, 5.74) is 2.38. The molecule has 0 spiro atoms. The number of carboxylic acid groups (broad SMARTS) is 1. The van der Waals surface area contributed by atoms with E-state index in [4.69, 9.17) is 4.74 Å². The number of anilines is 1. The van der Waals surface area contributed by atoms with Gasteiger partial charge in [-0.1, -0.05) is 0 Å². The van der Waals surface area contributed by atoms with E-state index in [2.05, 4.69) is 125 Å². The molecule has 2 heterocycles. The van der Waals surface area contributed by atoms with Crippen LogP contribution in [-0.2, 0) is 20.9 Å².